The quantitative estimate of drug-likeness (QED) is 0.609. The second kappa shape index (κ2) is 8.48. The largest absolute Gasteiger partial charge is 0.478 e. The first-order valence-corrected chi connectivity index (χ1v) is 5.81. The van der Waals surface area contributed by atoms with Gasteiger partial charge in [0.15, 0.2) is 0 Å². The molecule has 0 saturated carbocycles. The fourth-order valence-corrected chi connectivity index (χ4v) is 1.53. The van der Waals surface area contributed by atoms with Gasteiger partial charge in [-0.2, -0.15) is 0 Å². The monoisotopic (exact) mass is 213 g/mol. The van der Waals surface area contributed by atoms with Crippen molar-refractivity contribution in [2.45, 2.75) is 52.5 Å². The molecule has 2 N–H and O–H groups in total. The molecule has 0 amide bonds. The molecule has 0 aromatic carbocycles. The molecule has 0 aromatic rings. The van der Waals surface area contributed by atoms with Crippen molar-refractivity contribution in [1.29, 1.82) is 0 Å². The van der Waals surface area contributed by atoms with Crippen molar-refractivity contribution in [3.05, 3.63) is 11.6 Å². The highest BCUT2D eigenvalue weighted by molar-refractivity contribution is 5.86. The summed E-state index contributed by atoms with van der Waals surface area (Å²) in [4.78, 5) is 10.7. The van der Waals surface area contributed by atoms with Crippen LogP contribution in [0.4, 0.5) is 0 Å². The number of carboxylic acids is 1. The third-order valence-corrected chi connectivity index (χ3v) is 2.54. The van der Waals surface area contributed by atoms with Crippen LogP contribution in [0.15, 0.2) is 11.6 Å². The summed E-state index contributed by atoms with van der Waals surface area (Å²) in [5, 5.41) is 12.2. The standard InChI is InChI=1S/C12H23NO2/c1-4-7-11(6-3)13-9-8-10(5-2)12(14)15/h8,11,13H,4-7,9H2,1-3H3,(H,14,15)/b10-8-. The lowest BCUT2D eigenvalue weighted by Crippen LogP contribution is -2.28. The van der Waals surface area contributed by atoms with Gasteiger partial charge in [-0.25, -0.2) is 4.79 Å². The molecule has 15 heavy (non-hydrogen) atoms. The van der Waals surface area contributed by atoms with Crippen LogP contribution < -0.4 is 5.32 Å². The topological polar surface area (TPSA) is 49.3 Å². The molecule has 0 fully saturated rings. The van der Waals surface area contributed by atoms with E-state index in [9.17, 15) is 4.79 Å². The molecule has 0 saturated heterocycles. The highest BCUT2D eigenvalue weighted by Gasteiger charge is 2.05. The number of rotatable bonds is 8. The maximum absolute atomic E-state index is 10.7. The molecule has 0 aromatic heterocycles. The Hall–Kier alpha value is -0.830. The number of nitrogens with one attached hydrogen (secondary N) is 1. The van der Waals surface area contributed by atoms with Crippen molar-refractivity contribution < 1.29 is 9.90 Å². The fourth-order valence-electron chi connectivity index (χ4n) is 1.53. The molecule has 3 heteroatoms. The van der Waals surface area contributed by atoms with Gasteiger partial charge in [0.25, 0.3) is 0 Å². The Morgan fingerprint density at radius 2 is 2.07 bits per heavy atom. The van der Waals surface area contributed by atoms with E-state index in [4.69, 9.17) is 5.11 Å². The molecular formula is C12H23NO2. The number of hydrogen-bond acceptors (Lipinski definition) is 2. The van der Waals surface area contributed by atoms with Gasteiger partial charge in [-0.15, -0.1) is 0 Å². The first-order valence-electron chi connectivity index (χ1n) is 5.81. The van der Waals surface area contributed by atoms with E-state index in [0.717, 1.165) is 19.3 Å². The van der Waals surface area contributed by atoms with Crippen LogP contribution in [0.5, 0.6) is 0 Å². The first-order chi connectivity index (χ1) is 7.15. The molecule has 0 aliphatic rings. The van der Waals surface area contributed by atoms with E-state index in [1.807, 2.05) is 6.92 Å². The molecular weight excluding hydrogens is 190 g/mol. The van der Waals surface area contributed by atoms with Crippen LogP contribution >= 0.6 is 0 Å². The number of hydrogen-bond donors (Lipinski definition) is 2. The minimum atomic E-state index is -0.803. The molecule has 1 atom stereocenters. The lowest BCUT2D eigenvalue weighted by Gasteiger charge is -2.14. The van der Waals surface area contributed by atoms with Crippen LogP contribution in [0.3, 0.4) is 0 Å². The minimum absolute atomic E-state index is 0.494. The Morgan fingerprint density at radius 3 is 2.47 bits per heavy atom. The second-order valence-electron chi connectivity index (χ2n) is 3.69. The molecule has 0 radical (unpaired) electrons. The van der Waals surface area contributed by atoms with Gasteiger partial charge >= 0.3 is 5.97 Å². The van der Waals surface area contributed by atoms with E-state index in [0.29, 0.717) is 24.6 Å². The fraction of sp³-hybridized carbons (Fsp3) is 0.750. The summed E-state index contributed by atoms with van der Waals surface area (Å²) < 4.78 is 0. The molecule has 0 bridgehead atoms. The van der Waals surface area contributed by atoms with Crippen molar-refractivity contribution in [2.24, 2.45) is 0 Å². The van der Waals surface area contributed by atoms with Gasteiger partial charge < -0.3 is 10.4 Å². The average molecular weight is 213 g/mol. The van der Waals surface area contributed by atoms with Crippen LogP contribution in [0.2, 0.25) is 0 Å². The lowest BCUT2D eigenvalue weighted by atomic mass is 10.1. The molecule has 0 aliphatic heterocycles. The van der Waals surface area contributed by atoms with Crippen LogP contribution in [0.25, 0.3) is 0 Å². The number of carbonyl (C=O) groups is 1. The molecule has 0 heterocycles. The second-order valence-corrected chi connectivity index (χ2v) is 3.69. The van der Waals surface area contributed by atoms with Gasteiger partial charge in [-0.05, 0) is 19.3 Å². The summed E-state index contributed by atoms with van der Waals surface area (Å²) >= 11 is 0. The smallest absolute Gasteiger partial charge is 0.331 e. The Morgan fingerprint density at radius 1 is 1.40 bits per heavy atom. The maximum atomic E-state index is 10.7. The summed E-state index contributed by atoms with van der Waals surface area (Å²) in [7, 11) is 0. The maximum Gasteiger partial charge on any atom is 0.331 e. The molecule has 1 unspecified atom stereocenters. The molecule has 0 rings (SSSR count). The number of carboxylic acid groups (broad SMARTS) is 1. The summed E-state index contributed by atoms with van der Waals surface area (Å²) in [6.07, 6.45) is 5.77. The minimum Gasteiger partial charge on any atom is -0.478 e. The molecule has 0 spiro atoms. The van der Waals surface area contributed by atoms with Crippen LogP contribution in [0.1, 0.15) is 46.5 Å². The van der Waals surface area contributed by atoms with Gasteiger partial charge in [0.2, 0.25) is 0 Å². The van der Waals surface area contributed by atoms with Gasteiger partial charge in [0, 0.05) is 18.2 Å². The van der Waals surface area contributed by atoms with E-state index in [-0.39, 0.29) is 0 Å². The average Bonchev–Trinajstić information content (AvgIpc) is 2.22. The normalized spacial score (nSPS) is 13.9. The van der Waals surface area contributed by atoms with Crippen LogP contribution in [-0.2, 0) is 4.79 Å². The predicted molar refractivity (Wildman–Crippen MR) is 63.0 cm³/mol. The van der Waals surface area contributed by atoms with Crippen LogP contribution in [0, 0.1) is 0 Å². The van der Waals surface area contributed by atoms with Crippen molar-refractivity contribution in [3.63, 3.8) is 0 Å². The van der Waals surface area contributed by atoms with Crippen molar-refractivity contribution >= 4 is 5.97 Å². The van der Waals surface area contributed by atoms with Gasteiger partial charge in [-0.3, -0.25) is 0 Å². The van der Waals surface area contributed by atoms with Crippen LogP contribution in [-0.4, -0.2) is 23.7 Å². The van der Waals surface area contributed by atoms with Gasteiger partial charge in [-0.1, -0.05) is 33.3 Å². The third kappa shape index (κ3) is 6.28. The zero-order valence-corrected chi connectivity index (χ0v) is 10.0. The van der Waals surface area contributed by atoms with Crippen molar-refractivity contribution in [1.82, 2.24) is 5.32 Å². The summed E-state index contributed by atoms with van der Waals surface area (Å²) in [5.41, 5.74) is 0.494. The van der Waals surface area contributed by atoms with Crippen molar-refractivity contribution in [3.8, 4) is 0 Å². The first kappa shape index (κ1) is 14.2. The summed E-state index contributed by atoms with van der Waals surface area (Å²) in [6.45, 7) is 6.83. The predicted octanol–water partition coefficient (Wildman–Crippen LogP) is 2.58. The molecule has 88 valence electrons. The Kier molecular flexibility index (Phi) is 8.01. The summed E-state index contributed by atoms with van der Waals surface area (Å²) in [6, 6.07) is 0.512. The van der Waals surface area contributed by atoms with E-state index >= 15 is 0 Å². The zero-order chi connectivity index (χ0) is 11.7. The molecule has 3 nitrogen and oxygen atoms in total. The van der Waals surface area contributed by atoms with E-state index in [2.05, 4.69) is 19.2 Å². The Bertz CT molecular complexity index is 212. The zero-order valence-electron chi connectivity index (χ0n) is 10.0. The van der Waals surface area contributed by atoms with E-state index < -0.39 is 5.97 Å². The van der Waals surface area contributed by atoms with Gasteiger partial charge in [0.1, 0.15) is 0 Å². The Balaban J connectivity index is 3.97. The SMILES string of the molecule is CCCC(CC)NC/C=C(/CC)C(=O)O. The third-order valence-electron chi connectivity index (χ3n) is 2.54. The highest BCUT2D eigenvalue weighted by Crippen LogP contribution is 2.02. The van der Waals surface area contributed by atoms with Gasteiger partial charge in [0.05, 0.1) is 0 Å². The van der Waals surface area contributed by atoms with E-state index in [1.165, 1.54) is 0 Å². The van der Waals surface area contributed by atoms with Crippen molar-refractivity contribution in [2.75, 3.05) is 6.54 Å². The van der Waals surface area contributed by atoms with E-state index in [1.54, 1.807) is 6.08 Å². The summed E-state index contributed by atoms with van der Waals surface area (Å²) in [5.74, 6) is -0.803. The molecule has 0 aliphatic carbocycles. The highest BCUT2D eigenvalue weighted by atomic mass is 16.4. The Labute approximate surface area is 92.6 Å². The lowest BCUT2D eigenvalue weighted by molar-refractivity contribution is -0.132. The number of aliphatic carboxylic acids is 1.